The smallest absolute Gasteiger partial charge is 0.272 e. The summed E-state index contributed by atoms with van der Waals surface area (Å²) in [5, 5.41) is 17.9. The molecule has 2 saturated heterocycles. The van der Waals surface area contributed by atoms with Gasteiger partial charge in [0.2, 0.25) is 5.95 Å². The van der Waals surface area contributed by atoms with Gasteiger partial charge in [-0.1, -0.05) is 11.6 Å². The molecular formula is C24H26ClF3N6O2. The molecule has 8 nitrogen and oxygen atoms in total. The third-order valence-corrected chi connectivity index (χ3v) is 7.88. The third-order valence-electron chi connectivity index (χ3n) is 7.50. The van der Waals surface area contributed by atoms with Crippen LogP contribution in [0, 0.1) is 6.92 Å². The van der Waals surface area contributed by atoms with Gasteiger partial charge in [0.25, 0.3) is 5.92 Å². The van der Waals surface area contributed by atoms with E-state index in [2.05, 4.69) is 20.4 Å². The second kappa shape index (κ2) is 8.83. The van der Waals surface area contributed by atoms with Crippen molar-refractivity contribution in [2.75, 3.05) is 31.6 Å². The summed E-state index contributed by atoms with van der Waals surface area (Å²) in [4.78, 5) is 10.9. The summed E-state index contributed by atoms with van der Waals surface area (Å²) in [6, 6.07) is 2.65. The minimum Gasteiger partial charge on any atom is -0.389 e. The number of halogens is 4. The Balaban J connectivity index is 1.22. The monoisotopic (exact) mass is 522 g/mol. The van der Waals surface area contributed by atoms with Gasteiger partial charge in [0, 0.05) is 30.5 Å². The van der Waals surface area contributed by atoms with Gasteiger partial charge in [-0.3, -0.25) is 4.90 Å². The van der Waals surface area contributed by atoms with Crippen molar-refractivity contribution in [3.63, 3.8) is 0 Å². The van der Waals surface area contributed by atoms with Crippen molar-refractivity contribution in [3.05, 3.63) is 40.8 Å². The number of hydrogen-bond donors (Lipinski definition) is 2. The first-order valence-electron chi connectivity index (χ1n) is 12.0. The standard InChI is InChI=1S/C24H26ClF3N6O2/c1-12-4-13-7-29-23(32-18-8-30-34(22(18)25)21-6-24(21,27)28)31-17(13)5-15(12)14-2-3-33(9-16(14)26)19-10-36-11-20(19)35/h4-5,7-8,14,16,19-21,35H,2-3,6,9-11H2,1H3,(H,29,31,32)/t14-,16+,19?,20+,21?/m0/s1. The average molecular weight is 523 g/mol. The number of nitrogens with one attached hydrogen (secondary N) is 1. The maximum atomic E-state index is 15.4. The molecule has 0 spiro atoms. The van der Waals surface area contributed by atoms with Gasteiger partial charge in [0.15, 0.2) is 5.15 Å². The molecule has 192 valence electrons. The number of benzene rings is 1. The van der Waals surface area contributed by atoms with Gasteiger partial charge in [0.05, 0.1) is 42.8 Å². The molecule has 2 N–H and O–H groups in total. The molecule has 3 aliphatic rings. The number of aliphatic hydroxyl groups excluding tert-OH is 1. The van der Waals surface area contributed by atoms with Crippen LogP contribution in [0.4, 0.5) is 24.8 Å². The Morgan fingerprint density at radius 3 is 2.75 bits per heavy atom. The van der Waals surface area contributed by atoms with Crippen LogP contribution in [0.25, 0.3) is 10.9 Å². The molecule has 36 heavy (non-hydrogen) atoms. The molecule has 5 atom stereocenters. The lowest BCUT2D eigenvalue weighted by atomic mass is 9.84. The van der Waals surface area contributed by atoms with Crippen LogP contribution < -0.4 is 5.32 Å². The van der Waals surface area contributed by atoms with Gasteiger partial charge >= 0.3 is 0 Å². The van der Waals surface area contributed by atoms with Crippen LogP contribution in [0.1, 0.15) is 35.9 Å². The highest BCUT2D eigenvalue weighted by Gasteiger charge is 2.59. The van der Waals surface area contributed by atoms with E-state index in [1.807, 2.05) is 24.0 Å². The van der Waals surface area contributed by atoms with Gasteiger partial charge in [-0.15, -0.1) is 0 Å². The van der Waals surface area contributed by atoms with E-state index < -0.39 is 24.2 Å². The molecule has 12 heteroatoms. The molecule has 1 aromatic carbocycles. The number of ether oxygens (including phenoxy) is 1. The molecule has 3 fully saturated rings. The van der Waals surface area contributed by atoms with Crippen LogP contribution in [-0.2, 0) is 4.74 Å². The lowest BCUT2D eigenvalue weighted by Gasteiger charge is -2.39. The summed E-state index contributed by atoms with van der Waals surface area (Å²) in [5.41, 5.74) is 2.83. The number of piperidine rings is 1. The van der Waals surface area contributed by atoms with Crippen LogP contribution in [-0.4, -0.2) is 80.3 Å². The summed E-state index contributed by atoms with van der Waals surface area (Å²) in [6.45, 7) is 3.59. The summed E-state index contributed by atoms with van der Waals surface area (Å²) in [5.74, 6) is -2.84. The summed E-state index contributed by atoms with van der Waals surface area (Å²) >= 11 is 6.27. The van der Waals surface area contributed by atoms with Crippen molar-refractivity contribution in [2.24, 2.45) is 0 Å². The zero-order valence-electron chi connectivity index (χ0n) is 19.5. The zero-order chi connectivity index (χ0) is 25.2. The van der Waals surface area contributed by atoms with E-state index in [0.717, 1.165) is 21.2 Å². The van der Waals surface area contributed by atoms with Gasteiger partial charge in [0.1, 0.15) is 12.2 Å². The molecule has 2 aliphatic heterocycles. The topological polar surface area (TPSA) is 88.3 Å². The number of likely N-dealkylation sites (tertiary alicyclic amines) is 1. The van der Waals surface area contributed by atoms with E-state index in [9.17, 15) is 13.9 Å². The Hall–Kier alpha value is -2.47. The molecular weight excluding hydrogens is 497 g/mol. The maximum Gasteiger partial charge on any atom is 0.272 e. The molecule has 0 amide bonds. The fraction of sp³-hybridized carbons (Fsp3) is 0.542. The minimum atomic E-state index is -2.80. The molecule has 4 heterocycles. The molecule has 3 aromatic rings. The molecule has 2 unspecified atom stereocenters. The van der Waals surface area contributed by atoms with Gasteiger partial charge < -0.3 is 15.2 Å². The van der Waals surface area contributed by atoms with Crippen LogP contribution >= 0.6 is 11.6 Å². The van der Waals surface area contributed by atoms with Crippen LogP contribution in [0.2, 0.25) is 5.15 Å². The number of aliphatic hydroxyl groups is 1. The second-order valence-corrected chi connectivity index (χ2v) is 10.3. The lowest BCUT2D eigenvalue weighted by molar-refractivity contribution is 0.0352. The van der Waals surface area contributed by atoms with E-state index in [4.69, 9.17) is 16.3 Å². The predicted octanol–water partition coefficient (Wildman–Crippen LogP) is 4.00. The van der Waals surface area contributed by atoms with E-state index in [-0.39, 0.29) is 36.0 Å². The fourth-order valence-corrected chi connectivity index (χ4v) is 5.62. The minimum absolute atomic E-state index is 0.0651. The number of fused-ring (bicyclic) bond motifs is 1. The van der Waals surface area contributed by atoms with Gasteiger partial charge in [-0.2, -0.15) is 5.10 Å². The number of aryl methyl sites for hydroxylation is 1. The zero-order valence-corrected chi connectivity index (χ0v) is 20.3. The molecule has 0 bridgehead atoms. The molecule has 1 aliphatic carbocycles. The Morgan fingerprint density at radius 1 is 1.25 bits per heavy atom. The van der Waals surface area contributed by atoms with Crippen LogP contribution in [0.15, 0.2) is 24.5 Å². The van der Waals surface area contributed by atoms with Crippen LogP contribution in [0.5, 0.6) is 0 Å². The van der Waals surface area contributed by atoms with E-state index >= 15 is 4.39 Å². The van der Waals surface area contributed by atoms with E-state index in [1.54, 1.807) is 6.20 Å². The van der Waals surface area contributed by atoms with Crippen molar-refractivity contribution in [2.45, 2.75) is 56.0 Å². The number of aromatic nitrogens is 4. The Kier molecular flexibility index (Phi) is 5.86. The average Bonchev–Trinajstić information content (AvgIpc) is 3.12. The first-order chi connectivity index (χ1) is 17.2. The molecule has 0 radical (unpaired) electrons. The van der Waals surface area contributed by atoms with E-state index in [1.165, 1.54) is 6.20 Å². The summed E-state index contributed by atoms with van der Waals surface area (Å²) < 4.78 is 48.7. The molecule has 1 saturated carbocycles. The van der Waals surface area contributed by atoms with Crippen LogP contribution in [0.3, 0.4) is 0 Å². The first-order valence-corrected chi connectivity index (χ1v) is 12.4. The highest BCUT2D eigenvalue weighted by atomic mass is 35.5. The van der Waals surface area contributed by atoms with Gasteiger partial charge in [-0.25, -0.2) is 27.8 Å². The quantitative estimate of drug-likeness (QED) is 0.523. The lowest BCUT2D eigenvalue weighted by Crippen LogP contribution is -2.50. The van der Waals surface area contributed by atoms with E-state index in [0.29, 0.717) is 37.4 Å². The molecule has 2 aromatic heterocycles. The summed E-state index contributed by atoms with van der Waals surface area (Å²) in [7, 11) is 0. The third kappa shape index (κ3) is 4.21. The normalized spacial score (nSPS) is 30.1. The fourth-order valence-electron chi connectivity index (χ4n) is 5.36. The largest absolute Gasteiger partial charge is 0.389 e. The van der Waals surface area contributed by atoms with Crippen molar-refractivity contribution >= 4 is 34.1 Å². The van der Waals surface area contributed by atoms with Crippen molar-refractivity contribution < 1.29 is 23.0 Å². The van der Waals surface area contributed by atoms with Gasteiger partial charge in [-0.05, 0) is 43.1 Å². The number of rotatable bonds is 5. The van der Waals surface area contributed by atoms with Crippen molar-refractivity contribution in [3.8, 4) is 0 Å². The van der Waals surface area contributed by atoms with Crippen molar-refractivity contribution in [1.82, 2.24) is 24.6 Å². The number of alkyl halides is 3. The second-order valence-electron chi connectivity index (χ2n) is 9.94. The highest BCUT2D eigenvalue weighted by Crippen LogP contribution is 2.53. The predicted molar refractivity (Wildman–Crippen MR) is 128 cm³/mol. The Bertz CT molecular complexity index is 1310. The Morgan fingerprint density at radius 2 is 2.06 bits per heavy atom. The first kappa shape index (κ1) is 23.9. The Labute approximate surface area is 210 Å². The maximum absolute atomic E-state index is 15.4. The summed E-state index contributed by atoms with van der Waals surface area (Å²) in [6.07, 6.45) is 1.69. The number of hydrogen-bond acceptors (Lipinski definition) is 7. The highest BCUT2D eigenvalue weighted by molar-refractivity contribution is 6.32. The number of anilines is 2. The number of nitrogens with zero attached hydrogens (tertiary/aromatic N) is 5. The van der Waals surface area contributed by atoms with Crippen molar-refractivity contribution in [1.29, 1.82) is 0 Å². The molecule has 6 rings (SSSR count). The SMILES string of the molecule is Cc1cc2cnc(Nc3cnn(C4CC4(F)F)c3Cl)nc2cc1[C@@H]1CCN(C2COC[C@H]2O)C[C@H]1F.